The molecule has 0 atom stereocenters. The largest absolute Gasteiger partial charge is 0.321 e. The van der Waals surface area contributed by atoms with Gasteiger partial charge >= 0.3 is 0 Å². The maximum absolute atomic E-state index is 12.9. The van der Waals surface area contributed by atoms with Crippen molar-refractivity contribution in [1.29, 1.82) is 0 Å². The summed E-state index contributed by atoms with van der Waals surface area (Å²) in [6, 6.07) is 13.7. The molecule has 1 aliphatic rings. The lowest BCUT2D eigenvalue weighted by Crippen LogP contribution is -2.13. The van der Waals surface area contributed by atoms with Gasteiger partial charge in [-0.2, -0.15) is 0 Å². The first-order valence-electron chi connectivity index (χ1n) is 10.3. The summed E-state index contributed by atoms with van der Waals surface area (Å²) in [5, 5.41) is 3.94. The molecule has 0 spiro atoms. The third-order valence-electron chi connectivity index (χ3n) is 4.88. The maximum atomic E-state index is 12.9. The molecule has 31 heavy (non-hydrogen) atoms. The summed E-state index contributed by atoms with van der Waals surface area (Å²) in [7, 11) is -3.78. The SMILES string of the molecule is C/C=C\C.CC.Cc1ccc(NS(=O)(=O)c2ccc3c4c(cccc24)C(=O)N3)cc1C. The van der Waals surface area contributed by atoms with Gasteiger partial charge in [-0.3, -0.25) is 9.52 Å². The Morgan fingerprint density at radius 3 is 2.19 bits per heavy atom. The van der Waals surface area contributed by atoms with E-state index in [9.17, 15) is 13.2 Å². The number of hydrogen-bond donors (Lipinski definition) is 2. The number of nitrogens with one attached hydrogen (secondary N) is 2. The number of rotatable bonds is 3. The summed E-state index contributed by atoms with van der Waals surface area (Å²) in [5.74, 6) is -0.211. The van der Waals surface area contributed by atoms with Crippen LogP contribution in [0.5, 0.6) is 0 Å². The van der Waals surface area contributed by atoms with E-state index in [1.54, 1.807) is 36.4 Å². The molecule has 3 aromatic carbocycles. The van der Waals surface area contributed by atoms with Gasteiger partial charge in [0.05, 0.1) is 4.90 Å². The second kappa shape index (κ2) is 10.3. The quantitative estimate of drug-likeness (QED) is 0.463. The Labute approximate surface area is 185 Å². The van der Waals surface area contributed by atoms with Crippen LogP contribution in [0.3, 0.4) is 0 Å². The van der Waals surface area contributed by atoms with E-state index in [1.807, 2.05) is 59.8 Å². The number of carbonyl (C=O) groups is 1. The molecule has 0 fully saturated rings. The van der Waals surface area contributed by atoms with Gasteiger partial charge in [0.25, 0.3) is 15.9 Å². The first-order chi connectivity index (χ1) is 14.8. The van der Waals surface area contributed by atoms with Crippen LogP contribution in [-0.4, -0.2) is 14.3 Å². The smallest absolute Gasteiger partial charge is 0.262 e. The Morgan fingerprint density at radius 1 is 0.903 bits per heavy atom. The number of sulfonamides is 1. The summed E-state index contributed by atoms with van der Waals surface area (Å²) in [6.45, 7) is 11.9. The van der Waals surface area contributed by atoms with Crippen molar-refractivity contribution in [2.45, 2.75) is 46.4 Å². The number of hydrogen-bond acceptors (Lipinski definition) is 3. The van der Waals surface area contributed by atoms with E-state index in [0.717, 1.165) is 11.1 Å². The van der Waals surface area contributed by atoms with E-state index in [0.29, 0.717) is 27.7 Å². The molecule has 0 saturated carbocycles. The lowest BCUT2D eigenvalue weighted by molar-refractivity contribution is 0.103. The van der Waals surface area contributed by atoms with Crippen LogP contribution < -0.4 is 10.0 Å². The molecule has 0 bridgehead atoms. The average Bonchev–Trinajstić information content (AvgIpc) is 3.09. The molecule has 0 aromatic heterocycles. The molecular formula is C25H30N2O3S. The van der Waals surface area contributed by atoms with Crippen LogP contribution in [0, 0.1) is 13.8 Å². The van der Waals surface area contributed by atoms with Crippen molar-refractivity contribution in [2.24, 2.45) is 0 Å². The summed E-state index contributed by atoms with van der Waals surface area (Å²) in [4.78, 5) is 12.1. The third kappa shape index (κ3) is 5.14. The summed E-state index contributed by atoms with van der Waals surface area (Å²) >= 11 is 0. The van der Waals surface area contributed by atoms with Crippen LogP contribution in [0.4, 0.5) is 11.4 Å². The highest BCUT2D eigenvalue weighted by molar-refractivity contribution is 7.93. The van der Waals surface area contributed by atoms with Gasteiger partial charge < -0.3 is 5.32 Å². The summed E-state index contributed by atoms with van der Waals surface area (Å²) in [6.07, 6.45) is 4.00. The molecule has 0 radical (unpaired) electrons. The zero-order valence-corrected chi connectivity index (χ0v) is 19.7. The molecule has 6 heteroatoms. The monoisotopic (exact) mass is 438 g/mol. The van der Waals surface area contributed by atoms with Gasteiger partial charge in [-0.05, 0) is 69.2 Å². The molecule has 1 amide bonds. The van der Waals surface area contributed by atoms with Crippen molar-refractivity contribution in [2.75, 3.05) is 10.0 Å². The molecular weight excluding hydrogens is 408 g/mol. The predicted octanol–water partition coefficient (Wildman–Crippen LogP) is 6.43. The lowest BCUT2D eigenvalue weighted by atomic mass is 10.1. The molecule has 1 heterocycles. The van der Waals surface area contributed by atoms with Crippen molar-refractivity contribution >= 4 is 38.1 Å². The van der Waals surface area contributed by atoms with E-state index in [4.69, 9.17) is 0 Å². The second-order valence-electron chi connectivity index (χ2n) is 6.86. The lowest BCUT2D eigenvalue weighted by Gasteiger charge is -2.12. The number of anilines is 2. The van der Waals surface area contributed by atoms with Gasteiger partial charge in [-0.25, -0.2) is 8.42 Å². The van der Waals surface area contributed by atoms with E-state index in [2.05, 4.69) is 10.0 Å². The minimum atomic E-state index is -3.78. The fourth-order valence-corrected chi connectivity index (χ4v) is 4.37. The van der Waals surface area contributed by atoms with Crippen LogP contribution in [0.2, 0.25) is 0 Å². The van der Waals surface area contributed by atoms with Gasteiger partial charge in [0, 0.05) is 27.7 Å². The van der Waals surface area contributed by atoms with Crippen LogP contribution in [0.15, 0.2) is 65.6 Å². The molecule has 4 rings (SSSR count). The second-order valence-corrected chi connectivity index (χ2v) is 8.52. The Morgan fingerprint density at radius 2 is 1.58 bits per heavy atom. The molecule has 0 saturated heterocycles. The minimum absolute atomic E-state index is 0.155. The van der Waals surface area contributed by atoms with E-state index >= 15 is 0 Å². The van der Waals surface area contributed by atoms with Gasteiger partial charge in [-0.15, -0.1) is 0 Å². The van der Waals surface area contributed by atoms with Gasteiger partial charge in [-0.1, -0.05) is 44.2 Å². The highest BCUT2D eigenvalue weighted by Crippen LogP contribution is 2.37. The van der Waals surface area contributed by atoms with Crippen molar-refractivity contribution in [1.82, 2.24) is 0 Å². The van der Waals surface area contributed by atoms with Gasteiger partial charge in [0.1, 0.15) is 0 Å². The van der Waals surface area contributed by atoms with Crippen LogP contribution >= 0.6 is 0 Å². The highest BCUT2D eigenvalue weighted by atomic mass is 32.2. The van der Waals surface area contributed by atoms with Crippen molar-refractivity contribution in [3.8, 4) is 0 Å². The first-order valence-corrected chi connectivity index (χ1v) is 11.8. The Bertz CT molecular complexity index is 1220. The van der Waals surface area contributed by atoms with Gasteiger partial charge in [0.15, 0.2) is 0 Å². The van der Waals surface area contributed by atoms with Gasteiger partial charge in [0.2, 0.25) is 0 Å². The van der Waals surface area contributed by atoms with Crippen molar-refractivity contribution < 1.29 is 13.2 Å². The molecule has 3 aromatic rings. The topological polar surface area (TPSA) is 75.3 Å². The summed E-state index contributed by atoms with van der Waals surface area (Å²) < 4.78 is 28.5. The van der Waals surface area contributed by atoms with Crippen LogP contribution in [-0.2, 0) is 10.0 Å². The minimum Gasteiger partial charge on any atom is -0.321 e. The normalized spacial score (nSPS) is 12.0. The molecule has 0 unspecified atom stereocenters. The Kier molecular flexibility index (Phi) is 8.00. The molecule has 164 valence electrons. The zero-order valence-electron chi connectivity index (χ0n) is 18.9. The molecule has 1 aliphatic heterocycles. The number of carbonyl (C=O) groups excluding carboxylic acids is 1. The standard InChI is InChI=1S/C19H16N2O3S.C4H8.C2H6/c1-11-6-7-13(10-12(11)2)21-25(23,24)17-9-8-16-18-14(17)4-3-5-15(18)19(22)20-16;1-3-4-2;1-2/h3-10,21H,1-2H3,(H,20,22);3-4H,1-2H3;1-2H3/b;4-3-;. The zero-order chi connectivity index (χ0) is 23.2. The van der Waals surface area contributed by atoms with E-state index in [-0.39, 0.29) is 10.8 Å². The molecule has 5 nitrogen and oxygen atoms in total. The predicted molar refractivity (Wildman–Crippen MR) is 130 cm³/mol. The number of allylic oxidation sites excluding steroid dienone is 2. The van der Waals surface area contributed by atoms with E-state index < -0.39 is 10.0 Å². The Hall–Kier alpha value is -3.12. The number of aryl methyl sites for hydroxylation is 2. The van der Waals surface area contributed by atoms with Crippen LogP contribution in [0.25, 0.3) is 10.8 Å². The molecule has 0 aliphatic carbocycles. The Balaban J connectivity index is 0.000000513. The third-order valence-corrected chi connectivity index (χ3v) is 6.31. The van der Waals surface area contributed by atoms with Crippen LogP contribution in [0.1, 0.15) is 49.2 Å². The van der Waals surface area contributed by atoms with Crippen molar-refractivity contribution in [3.05, 3.63) is 77.4 Å². The van der Waals surface area contributed by atoms with E-state index in [1.165, 1.54) is 6.07 Å². The number of benzene rings is 3. The highest BCUT2D eigenvalue weighted by Gasteiger charge is 2.26. The first kappa shape index (κ1) is 24.2. The number of amides is 1. The fourth-order valence-electron chi connectivity index (χ4n) is 3.11. The maximum Gasteiger partial charge on any atom is 0.262 e. The fraction of sp³-hybridized carbons (Fsp3) is 0.240. The van der Waals surface area contributed by atoms with Crippen molar-refractivity contribution in [3.63, 3.8) is 0 Å². The molecule has 2 N–H and O–H groups in total. The summed E-state index contributed by atoms with van der Waals surface area (Å²) in [5.41, 5.74) is 3.75. The average molecular weight is 439 g/mol.